The summed E-state index contributed by atoms with van der Waals surface area (Å²) >= 11 is 0. The Kier molecular flexibility index (Phi) is 5.35. The molecule has 0 aliphatic heterocycles. The van der Waals surface area contributed by atoms with Crippen LogP contribution in [0, 0.1) is 13.8 Å². The lowest BCUT2D eigenvalue weighted by Gasteiger charge is -2.10. The second-order valence-electron chi connectivity index (χ2n) is 6.32. The predicted octanol–water partition coefficient (Wildman–Crippen LogP) is 4.88. The fourth-order valence-corrected chi connectivity index (χ4v) is 2.83. The molecule has 0 spiro atoms. The number of alkyl halides is 3. The van der Waals surface area contributed by atoms with Gasteiger partial charge in [0.2, 0.25) is 0 Å². The first-order valence-electron chi connectivity index (χ1n) is 8.52. The molecule has 0 aliphatic rings. The van der Waals surface area contributed by atoms with Gasteiger partial charge < -0.3 is 4.57 Å². The van der Waals surface area contributed by atoms with Crippen LogP contribution in [0.3, 0.4) is 0 Å². The highest BCUT2D eigenvalue weighted by Crippen LogP contribution is 2.28. The van der Waals surface area contributed by atoms with E-state index < -0.39 is 17.6 Å². The Balaban J connectivity index is 1.64. The van der Waals surface area contributed by atoms with E-state index in [4.69, 9.17) is 0 Å². The van der Waals surface area contributed by atoms with Gasteiger partial charge >= 0.3 is 6.18 Å². The van der Waals surface area contributed by atoms with Crippen LogP contribution in [-0.4, -0.2) is 16.7 Å². The molecule has 1 amide bonds. The van der Waals surface area contributed by atoms with Gasteiger partial charge in [0.15, 0.2) is 0 Å². The molecule has 2 aromatic carbocycles. The maximum atomic E-state index is 12.5. The highest BCUT2D eigenvalue weighted by atomic mass is 19.4. The number of carbonyl (C=O) groups is 1. The van der Waals surface area contributed by atoms with Crippen LogP contribution in [0.2, 0.25) is 0 Å². The van der Waals surface area contributed by atoms with Crippen LogP contribution in [0.5, 0.6) is 0 Å². The topological polar surface area (TPSA) is 46.4 Å². The van der Waals surface area contributed by atoms with E-state index in [0.717, 1.165) is 29.2 Å². The number of nitrogens with zero attached hydrogens (tertiary/aromatic N) is 2. The number of hydrogen-bond donors (Lipinski definition) is 1. The van der Waals surface area contributed by atoms with Crippen LogP contribution in [0.1, 0.15) is 32.9 Å². The number of aryl methyl sites for hydroxylation is 2. The van der Waals surface area contributed by atoms with Crippen LogP contribution in [0.25, 0.3) is 5.69 Å². The zero-order valence-electron chi connectivity index (χ0n) is 15.3. The summed E-state index contributed by atoms with van der Waals surface area (Å²) in [5.41, 5.74) is 5.65. The van der Waals surface area contributed by atoms with E-state index in [2.05, 4.69) is 15.1 Å². The van der Waals surface area contributed by atoms with E-state index in [1.54, 1.807) is 12.1 Å². The van der Waals surface area contributed by atoms with Crippen LogP contribution in [0.15, 0.2) is 65.8 Å². The van der Waals surface area contributed by atoms with E-state index in [9.17, 15) is 18.0 Å². The highest BCUT2D eigenvalue weighted by molar-refractivity contribution is 5.95. The van der Waals surface area contributed by atoms with Gasteiger partial charge in [-0.05, 0) is 67.9 Å². The van der Waals surface area contributed by atoms with Crippen molar-refractivity contribution in [1.82, 2.24) is 9.99 Å². The van der Waals surface area contributed by atoms with Crippen molar-refractivity contribution < 1.29 is 18.0 Å². The first-order chi connectivity index (χ1) is 13.3. The Morgan fingerprint density at radius 3 is 2.04 bits per heavy atom. The third-order valence-electron chi connectivity index (χ3n) is 4.28. The summed E-state index contributed by atoms with van der Waals surface area (Å²) in [6.45, 7) is 4.01. The molecule has 7 heteroatoms. The van der Waals surface area contributed by atoms with E-state index in [1.165, 1.54) is 18.3 Å². The zero-order chi connectivity index (χ0) is 20.3. The third-order valence-corrected chi connectivity index (χ3v) is 4.28. The summed E-state index contributed by atoms with van der Waals surface area (Å²) in [5.74, 6) is -0.407. The summed E-state index contributed by atoms with van der Waals surface area (Å²) < 4.78 is 39.7. The summed E-state index contributed by atoms with van der Waals surface area (Å²) in [5, 5.41) is 3.80. The molecule has 3 aromatic rings. The first-order valence-corrected chi connectivity index (χ1v) is 8.52. The zero-order valence-corrected chi connectivity index (χ0v) is 15.3. The molecule has 0 bridgehead atoms. The number of amides is 1. The lowest BCUT2D eigenvalue weighted by molar-refractivity contribution is -0.137. The van der Waals surface area contributed by atoms with Gasteiger partial charge in [0.05, 0.1) is 11.8 Å². The minimum atomic E-state index is -4.38. The SMILES string of the molecule is Cc1ccc(C)n1-c1ccc(C(=O)NN=Cc2ccc(C(F)(F)F)cc2)cc1. The number of hydrogen-bond acceptors (Lipinski definition) is 2. The van der Waals surface area contributed by atoms with Crippen molar-refractivity contribution >= 4 is 12.1 Å². The van der Waals surface area contributed by atoms with Gasteiger partial charge in [-0.3, -0.25) is 4.79 Å². The number of nitrogens with one attached hydrogen (secondary N) is 1. The summed E-state index contributed by atoms with van der Waals surface area (Å²) in [4.78, 5) is 12.2. The standard InChI is InChI=1S/C21H18F3N3O/c1-14-3-4-15(2)27(14)19-11-7-17(8-12-19)20(28)26-25-13-16-5-9-18(10-6-16)21(22,23)24/h3-13H,1-2H3,(H,26,28). The maximum Gasteiger partial charge on any atom is 0.416 e. The number of rotatable bonds is 4. The number of aromatic nitrogens is 1. The van der Waals surface area contributed by atoms with Crippen LogP contribution in [0.4, 0.5) is 13.2 Å². The molecule has 0 atom stereocenters. The van der Waals surface area contributed by atoms with E-state index in [0.29, 0.717) is 11.1 Å². The molecule has 0 saturated heterocycles. The molecule has 144 valence electrons. The van der Waals surface area contributed by atoms with Crippen molar-refractivity contribution in [3.63, 3.8) is 0 Å². The molecular formula is C21H18F3N3O. The van der Waals surface area contributed by atoms with Crippen LogP contribution in [-0.2, 0) is 6.18 Å². The minimum absolute atomic E-state index is 0.407. The van der Waals surface area contributed by atoms with E-state index in [1.807, 2.05) is 38.1 Å². The number of halogens is 3. The van der Waals surface area contributed by atoms with E-state index in [-0.39, 0.29) is 0 Å². The fourth-order valence-electron chi connectivity index (χ4n) is 2.83. The molecule has 1 aromatic heterocycles. The lowest BCUT2D eigenvalue weighted by Crippen LogP contribution is -2.17. The van der Waals surface area contributed by atoms with Gasteiger partial charge in [-0.15, -0.1) is 0 Å². The Hall–Kier alpha value is -3.35. The van der Waals surface area contributed by atoms with Crippen molar-refractivity contribution in [3.05, 3.63) is 88.7 Å². The van der Waals surface area contributed by atoms with Crippen molar-refractivity contribution in [2.75, 3.05) is 0 Å². The fraction of sp³-hybridized carbons (Fsp3) is 0.143. The molecule has 1 N–H and O–H groups in total. The summed E-state index contributed by atoms with van der Waals surface area (Å²) in [6.07, 6.45) is -3.09. The highest BCUT2D eigenvalue weighted by Gasteiger charge is 2.29. The molecule has 0 fully saturated rings. The maximum absolute atomic E-state index is 12.5. The summed E-state index contributed by atoms with van der Waals surface area (Å²) in [6, 6.07) is 15.6. The molecule has 28 heavy (non-hydrogen) atoms. The molecule has 4 nitrogen and oxygen atoms in total. The normalized spacial score (nSPS) is 11.8. The smallest absolute Gasteiger partial charge is 0.319 e. The van der Waals surface area contributed by atoms with Gasteiger partial charge in [-0.25, -0.2) is 5.43 Å². The average molecular weight is 385 g/mol. The predicted molar refractivity (Wildman–Crippen MR) is 102 cm³/mol. The van der Waals surface area contributed by atoms with Crippen molar-refractivity contribution in [2.45, 2.75) is 20.0 Å². The van der Waals surface area contributed by atoms with Crippen molar-refractivity contribution in [2.24, 2.45) is 5.10 Å². The monoisotopic (exact) mass is 385 g/mol. The van der Waals surface area contributed by atoms with Gasteiger partial charge in [-0.1, -0.05) is 12.1 Å². The Morgan fingerprint density at radius 2 is 1.50 bits per heavy atom. The molecule has 0 aliphatic carbocycles. The van der Waals surface area contributed by atoms with Crippen LogP contribution >= 0.6 is 0 Å². The van der Waals surface area contributed by atoms with Gasteiger partial charge in [0.1, 0.15) is 0 Å². The quantitative estimate of drug-likeness (QED) is 0.505. The number of benzene rings is 2. The molecule has 3 rings (SSSR count). The van der Waals surface area contributed by atoms with Gasteiger partial charge in [-0.2, -0.15) is 18.3 Å². The van der Waals surface area contributed by atoms with Gasteiger partial charge in [0.25, 0.3) is 5.91 Å². The molecule has 0 radical (unpaired) electrons. The first kappa shape index (κ1) is 19.4. The molecule has 0 saturated carbocycles. The second kappa shape index (κ2) is 7.72. The number of carbonyl (C=O) groups excluding carboxylic acids is 1. The van der Waals surface area contributed by atoms with Crippen molar-refractivity contribution in [1.29, 1.82) is 0 Å². The third kappa shape index (κ3) is 4.31. The Morgan fingerprint density at radius 1 is 0.929 bits per heavy atom. The second-order valence-corrected chi connectivity index (χ2v) is 6.32. The van der Waals surface area contributed by atoms with Crippen LogP contribution < -0.4 is 5.43 Å². The lowest BCUT2D eigenvalue weighted by atomic mass is 10.1. The largest absolute Gasteiger partial charge is 0.416 e. The number of hydrazone groups is 1. The molecular weight excluding hydrogens is 367 g/mol. The van der Waals surface area contributed by atoms with E-state index >= 15 is 0 Å². The Bertz CT molecular complexity index is 981. The molecule has 1 heterocycles. The Labute approximate surface area is 160 Å². The van der Waals surface area contributed by atoms with Crippen molar-refractivity contribution in [3.8, 4) is 5.69 Å². The summed E-state index contributed by atoms with van der Waals surface area (Å²) in [7, 11) is 0. The molecule has 0 unspecified atom stereocenters. The average Bonchev–Trinajstić information content (AvgIpc) is 3.00. The minimum Gasteiger partial charge on any atom is -0.319 e. The van der Waals surface area contributed by atoms with Gasteiger partial charge in [0, 0.05) is 22.6 Å².